The lowest BCUT2D eigenvalue weighted by Crippen LogP contribution is -2.33. The molecule has 0 heterocycles. The summed E-state index contributed by atoms with van der Waals surface area (Å²) in [5.74, 6) is -1.97. The van der Waals surface area contributed by atoms with Crippen LogP contribution in [-0.2, 0) is 28.6 Å². The second kappa shape index (κ2) is 14.4. The normalized spacial score (nSPS) is 13.5. The number of carbonyl (C=O) groups excluding carboxylic acids is 3. The van der Waals surface area contributed by atoms with Gasteiger partial charge in [-0.25, -0.2) is 0 Å². The van der Waals surface area contributed by atoms with E-state index in [0.29, 0.717) is 31.0 Å². The maximum Gasteiger partial charge on any atom is 0.310 e. The minimum absolute atomic E-state index is 0.181. The van der Waals surface area contributed by atoms with E-state index in [1.165, 1.54) is 0 Å². The lowest BCUT2D eigenvalue weighted by molar-refractivity contribution is -0.164. The van der Waals surface area contributed by atoms with Crippen molar-refractivity contribution in [1.29, 1.82) is 0 Å². The summed E-state index contributed by atoms with van der Waals surface area (Å²) >= 11 is 0. The quantitative estimate of drug-likeness (QED) is 0.318. The van der Waals surface area contributed by atoms with Crippen LogP contribution in [0, 0.1) is 29.6 Å². The number of rotatable bonds is 14. The van der Waals surface area contributed by atoms with Crippen molar-refractivity contribution in [1.82, 2.24) is 0 Å². The van der Waals surface area contributed by atoms with Crippen LogP contribution in [0.4, 0.5) is 0 Å². The van der Waals surface area contributed by atoms with Crippen LogP contribution in [0.1, 0.15) is 74.1 Å². The van der Waals surface area contributed by atoms with Crippen molar-refractivity contribution in [2.75, 3.05) is 19.8 Å². The van der Waals surface area contributed by atoms with Gasteiger partial charge in [0, 0.05) is 0 Å². The molecule has 6 heteroatoms. The molecule has 28 heavy (non-hydrogen) atoms. The summed E-state index contributed by atoms with van der Waals surface area (Å²) < 4.78 is 15.8. The van der Waals surface area contributed by atoms with Crippen LogP contribution in [0.25, 0.3) is 0 Å². The predicted molar refractivity (Wildman–Crippen MR) is 109 cm³/mol. The Balaban J connectivity index is 4.87. The summed E-state index contributed by atoms with van der Waals surface area (Å²) in [5, 5.41) is 0. The minimum Gasteiger partial charge on any atom is -0.466 e. The third kappa shape index (κ3) is 12.7. The van der Waals surface area contributed by atoms with E-state index in [4.69, 9.17) is 14.2 Å². The molecule has 0 aliphatic heterocycles. The van der Waals surface area contributed by atoms with Crippen molar-refractivity contribution in [3.63, 3.8) is 0 Å². The molecule has 0 bridgehead atoms. The summed E-state index contributed by atoms with van der Waals surface area (Å²) in [6.45, 7) is 14.7. The average Bonchev–Trinajstić information content (AvgIpc) is 2.57. The minimum atomic E-state index is -0.898. The fourth-order valence-electron chi connectivity index (χ4n) is 2.30. The van der Waals surface area contributed by atoms with Gasteiger partial charge in [0.05, 0.1) is 38.1 Å². The number of hydrogen-bond acceptors (Lipinski definition) is 6. The lowest BCUT2D eigenvalue weighted by Gasteiger charge is -2.21. The molecule has 0 saturated carbocycles. The molecular weight excluding hydrogens is 360 g/mol. The highest BCUT2D eigenvalue weighted by Crippen LogP contribution is 2.21. The van der Waals surface area contributed by atoms with Gasteiger partial charge in [-0.15, -0.1) is 0 Å². The largest absolute Gasteiger partial charge is 0.466 e. The van der Waals surface area contributed by atoms with Crippen LogP contribution in [0.15, 0.2) is 0 Å². The summed E-state index contributed by atoms with van der Waals surface area (Å²) in [7, 11) is 0. The first-order valence-corrected chi connectivity index (χ1v) is 10.5. The number of hydrogen-bond donors (Lipinski definition) is 0. The van der Waals surface area contributed by atoms with E-state index in [9.17, 15) is 14.4 Å². The third-order valence-corrected chi connectivity index (χ3v) is 4.50. The molecule has 0 aromatic carbocycles. The Kier molecular flexibility index (Phi) is 13.6. The molecular formula is C22H40O6. The monoisotopic (exact) mass is 400 g/mol. The molecule has 6 nitrogen and oxygen atoms in total. The van der Waals surface area contributed by atoms with Gasteiger partial charge in [-0.05, 0) is 37.0 Å². The van der Waals surface area contributed by atoms with Gasteiger partial charge in [-0.2, -0.15) is 0 Å². The molecule has 0 radical (unpaired) electrons. The SMILES string of the molecule is CC(C)CCOC(=O)CC(C(=O)OCCC(C)C)C(C)C(=O)OCCC(C)C. The molecule has 0 amide bonds. The van der Waals surface area contributed by atoms with Crippen LogP contribution < -0.4 is 0 Å². The molecule has 164 valence electrons. The van der Waals surface area contributed by atoms with Gasteiger partial charge in [0.25, 0.3) is 0 Å². The highest BCUT2D eigenvalue weighted by molar-refractivity contribution is 5.85. The summed E-state index contributed by atoms with van der Waals surface area (Å²) in [6.07, 6.45) is 2.05. The molecule has 0 rings (SSSR count). The van der Waals surface area contributed by atoms with E-state index >= 15 is 0 Å². The maximum absolute atomic E-state index is 12.5. The number of ether oxygens (including phenoxy) is 3. The molecule has 0 fully saturated rings. The Bertz CT molecular complexity index is 470. The smallest absolute Gasteiger partial charge is 0.310 e. The Hall–Kier alpha value is -1.59. The Morgan fingerprint density at radius 1 is 0.607 bits per heavy atom. The average molecular weight is 401 g/mol. The first-order valence-electron chi connectivity index (χ1n) is 10.5. The highest BCUT2D eigenvalue weighted by atomic mass is 16.5. The van der Waals surface area contributed by atoms with Crippen molar-refractivity contribution in [2.45, 2.75) is 74.1 Å². The molecule has 0 aromatic rings. The van der Waals surface area contributed by atoms with E-state index in [1.807, 2.05) is 41.5 Å². The Morgan fingerprint density at radius 3 is 1.43 bits per heavy atom. The first-order chi connectivity index (χ1) is 13.0. The van der Waals surface area contributed by atoms with Gasteiger partial charge < -0.3 is 14.2 Å². The van der Waals surface area contributed by atoms with Crippen molar-refractivity contribution in [3.05, 3.63) is 0 Å². The van der Waals surface area contributed by atoms with Gasteiger partial charge >= 0.3 is 17.9 Å². The highest BCUT2D eigenvalue weighted by Gasteiger charge is 2.35. The standard InChI is InChI=1S/C22H40O6/c1-15(2)8-11-26-20(23)14-19(22(25)28-13-10-17(5)6)18(7)21(24)27-12-9-16(3)4/h15-19H,8-14H2,1-7H3. The van der Waals surface area contributed by atoms with Gasteiger partial charge in [0.1, 0.15) is 0 Å². The Morgan fingerprint density at radius 2 is 1.00 bits per heavy atom. The first kappa shape index (κ1) is 26.4. The molecule has 0 spiro atoms. The fraction of sp³-hybridized carbons (Fsp3) is 0.864. The van der Waals surface area contributed by atoms with E-state index in [0.717, 1.165) is 19.3 Å². The van der Waals surface area contributed by atoms with Crippen molar-refractivity contribution in [3.8, 4) is 0 Å². The van der Waals surface area contributed by atoms with Crippen molar-refractivity contribution in [2.24, 2.45) is 29.6 Å². The second-order valence-electron chi connectivity index (χ2n) is 8.70. The molecule has 2 atom stereocenters. The number of carbonyl (C=O) groups is 3. The van der Waals surface area contributed by atoms with Gasteiger partial charge in [-0.1, -0.05) is 48.5 Å². The van der Waals surface area contributed by atoms with E-state index in [2.05, 4.69) is 0 Å². The zero-order valence-electron chi connectivity index (χ0n) is 18.8. The van der Waals surface area contributed by atoms with Crippen molar-refractivity contribution < 1.29 is 28.6 Å². The van der Waals surface area contributed by atoms with Crippen LogP contribution >= 0.6 is 0 Å². The topological polar surface area (TPSA) is 78.9 Å². The van der Waals surface area contributed by atoms with E-state index in [-0.39, 0.29) is 13.0 Å². The van der Waals surface area contributed by atoms with Crippen LogP contribution in [0.2, 0.25) is 0 Å². The predicted octanol–water partition coefficient (Wildman–Crippen LogP) is 4.40. The van der Waals surface area contributed by atoms with Gasteiger partial charge in [0.2, 0.25) is 0 Å². The summed E-state index contributed by atoms with van der Waals surface area (Å²) in [6, 6.07) is 0. The van der Waals surface area contributed by atoms with E-state index in [1.54, 1.807) is 6.92 Å². The fourth-order valence-corrected chi connectivity index (χ4v) is 2.30. The maximum atomic E-state index is 12.5. The molecule has 2 unspecified atom stereocenters. The second-order valence-corrected chi connectivity index (χ2v) is 8.70. The summed E-state index contributed by atoms with van der Waals surface area (Å²) in [5.41, 5.74) is 0. The lowest BCUT2D eigenvalue weighted by atomic mass is 9.91. The number of esters is 3. The molecule has 0 saturated heterocycles. The van der Waals surface area contributed by atoms with Crippen LogP contribution in [0.5, 0.6) is 0 Å². The van der Waals surface area contributed by atoms with Crippen molar-refractivity contribution >= 4 is 17.9 Å². The van der Waals surface area contributed by atoms with Gasteiger partial charge in [0.15, 0.2) is 0 Å². The van der Waals surface area contributed by atoms with Gasteiger partial charge in [-0.3, -0.25) is 14.4 Å². The van der Waals surface area contributed by atoms with Crippen LogP contribution in [0.3, 0.4) is 0 Å². The van der Waals surface area contributed by atoms with E-state index < -0.39 is 29.7 Å². The Labute approximate surface area is 170 Å². The molecule has 0 N–H and O–H groups in total. The molecule has 0 aliphatic carbocycles. The summed E-state index contributed by atoms with van der Waals surface area (Å²) in [4.78, 5) is 37.1. The third-order valence-electron chi connectivity index (χ3n) is 4.50. The van der Waals surface area contributed by atoms with Crippen LogP contribution in [-0.4, -0.2) is 37.7 Å². The zero-order valence-corrected chi connectivity index (χ0v) is 18.8. The zero-order chi connectivity index (χ0) is 21.7. The molecule has 0 aliphatic rings. The molecule has 0 aromatic heterocycles.